The Hall–Kier alpha value is -2.12. The van der Waals surface area contributed by atoms with Gasteiger partial charge in [0.1, 0.15) is 18.2 Å². The summed E-state index contributed by atoms with van der Waals surface area (Å²) in [5, 5.41) is 12.0. The molecule has 2 aromatic rings. The standard InChI is InChI=1S/C18H19F4NO2/c1-12(24)9-23-10-14-5-6-16(8-17(14)19)25-11-13-3-2-4-15(7-13)18(20,21)22/h2-8,12,23-24H,9-11H2,1H3. The van der Waals surface area contributed by atoms with Crippen molar-refractivity contribution in [2.45, 2.75) is 32.4 Å². The molecule has 0 heterocycles. The number of hydrogen-bond acceptors (Lipinski definition) is 3. The zero-order chi connectivity index (χ0) is 18.4. The van der Waals surface area contributed by atoms with E-state index in [-0.39, 0.29) is 18.9 Å². The Bertz CT molecular complexity index is 702. The average Bonchev–Trinajstić information content (AvgIpc) is 2.54. The molecule has 2 rings (SSSR count). The molecule has 0 saturated carbocycles. The number of halogens is 4. The average molecular weight is 357 g/mol. The number of aliphatic hydroxyl groups excluding tert-OH is 1. The van der Waals surface area contributed by atoms with E-state index in [1.807, 2.05) is 0 Å². The van der Waals surface area contributed by atoms with Crippen molar-refractivity contribution >= 4 is 0 Å². The number of alkyl halides is 3. The Balaban J connectivity index is 1.96. The van der Waals surface area contributed by atoms with Crippen molar-refractivity contribution in [1.29, 1.82) is 0 Å². The zero-order valence-electron chi connectivity index (χ0n) is 13.6. The van der Waals surface area contributed by atoms with Crippen molar-refractivity contribution in [3.63, 3.8) is 0 Å². The first-order valence-electron chi connectivity index (χ1n) is 7.72. The van der Waals surface area contributed by atoms with Crippen LogP contribution in [0.5, 0.6) is 5.75 Å². The summed E-state index contributed by atoms with van der Waals surface area (Å²) in [7, 11) is 0. The summed E-state index contributed by atoms with van der Waals surface area (Å²) in [6.45, 7) is 2.12. The lowest BCUT2D eigenvalue weighted by Gasteiger charge is -2.11. The van der Waals surface area contributed by atoms with Gasteiger partial charge in [0.05, 0.1) is 11.7 Å². The molecule has 0 amide bonds. The summed E-state index contributed by atoms with van der Waals surface area (Å²) in [6.07, 6.45) is -4.94. The highest BCUT2D eigenvalue weighted by Gasteiger charge is 2.30. The fraction of sp³-hybridized carbons (Fsp3) is 0.333. The van der Waals surface area contributed by atoms with Crippen LogP contribution >= 0.6 is 0 Å². The SMILES string of the molecule is CC(O)CNCc1ccc(OCc2cccc(C(F)(F)F)c2)cc1F. The van der Waals surface area contributed by atoms with E-state index in [0.29, 0.717) is 17.7 Å². The number of nitrogens with one attached hydrogen (secondary N) is 1. The van der Waals surface area contributed by atoms with E-state index in [1.54, 1.807) is 13.0 Å². The quantitative estimate of drug-likeness (QED) is 0.739. The van der Waals surface area contributed by atoms with Gasteiger partial charge in [-0.1, -0.05) is 18.2 Å². The summed E-state index contributed by atoms with van der Waals surface area (Å²) >= 11 is 0. The summed E-state index contributed by atoms with van der Waals surface area (Å²) in [5.74, 6) is -0.256. The maximum absolute atomic E-state index is 14.0. The summed E-state index contributed by atoms with van der Waals surface area (Å²) in [4.78, 5) is 0. The molecule has 25 heavy (non-hydrogen) atoms. The third kappa shape index (κ3) is 6.03. The molecule has 7 heteroatoms. The molecule has 0 aliphatic rings. The van der Waals surface area contributed by atoms with Gasteiger partial charge in [0.2, 0.25) is 0 Å². The van der Waals surface area contributed by atoms with Gasteiger partial charge in [0, 0.05) is 24.7 Å². The number of rotatable bonds is 7. The van der Waals surface area contributed by atoms with Crippen LogP contribution in [0.15, 0.2) is 42.5 Å². The van der Waals surface area contributed by atoms with Gasteiger partial charge in [-0.15, -0.1) is 0 Å². The number of benzene rings is 2. The van der Waals surface area contributed by atoms with E-state index in [4.69, 9.17) is 9.84 Å². The van der Waals surface area contributed by atoms with Gasteiger partial charge in [-0.25, -0.2) is 4.39 Å². The molecule has 1 unspecified atom stereocenters. The van der Waals surface area contributed by atoms with E-state index in [2.05, 4.69) is 5.32 Å². The highest BCUT2D eigenvalue weighted by Crippen LogP contribution is 2.29. The maximum atomic E-state index is 14.0. The molecule has 1 atom stereocenters. The van der Waals surface area contributed by atoms with Gasteiger partial charge in [0.25, 0.3) is 0 Å². The number of ether oxygens (including phenoxy) is 1. The van der Waals surface area contributed by atoms with Crippen LogP contribution in [0.2, 0.25) is 0 Å². The first kappa shape index (κ1) is 19.2. The fourth-order valence-corrected chi connectivity index (χ4v) is 2.18. The van der Waals surface area contributed by atoms with Crippen LogP contribution in [0.25, 0.3) is 0 Å². The minimum absolute atomic E-state index is 0.0943. The highest BCUT2D eigenvalue weighted by molar-refractivity contribution is 5.30. The minimum atomic E-state index is -4.41. The molecule has 0 aromatic heterocycles. The van der Waals surface area contributed by atoms with Gasteiger partial charge in [-0.2, -0.15) is 13.2 Å². The van der Waals surface area contributed by atoms with Crippen LogP contribution in [0.3, 0.4) is 0 Å². The molecule has 0 aliphatic carbocycles. The summed E-state index contributed by atoms with van der Waals surface area (Å²) in [6, 6.07) is 9.08. The Morgan fingerprint density at radius 2 is 1.92 bits per heavy atom. The second-order valence-electron chi connectivity index (χ2n) is 5.72. The second kappa shape index (κ2) is 8.31. The lowest BCUT2D eigenvalue weighted by atomic mass is 10.1. The molecule has 3 nitrogen and oxygen atoms in total. The van der Waals surface area contributed by atoms with Gasteiger partial charge in [-0.3, -0.25) is 0 Å². The van der Waals surface area contributed by atoms with Crippen LogP contribution < -0.4 is 10.1 Å². The van der Waals surface area contributed by atoms with Gasteiger partial charge in [-0.05, 0) is 30.7 Å². The number of hydrogen-bond donors (Lipinski definition) is 2. The molecule has 0 fully saturated rings. The molecule has 2 aromatic carbocycles. The monoisotopic (exact) mass is 357 g/mol. The van der Waals surface area contributed by atoms with Crippen molar-refractivity contribution in [2.75, 3.05) is 6.54 Å². The van der Waals surface area contributed by atoms with Gasteiger partial charge in [0.15, 0.2) is 0 Å². The van der Waals surface area contributed by atoms with E-state index in [9.17, 15) is 17.6 Å². The van der Waals surface area contributed by atoms with Crippen molar-refractivity contribution < 1.29 is 27.4 Å². The molecule has 0 bridgehead atoms. The van der Waals surface area contributed by atoms with Crippen LogP contribution in [0.4, 0.5) is 17.6 Å². The minimum Gasteiger partial charge on any atom is -0.489 e. The lowest BCUT2D eigenvalue weighted by molar-refractivity contribution is -0.137. The molecular weight excluding hydrogens is 338 g/mol. The maximum Gasteiger partial charge on any atom is 0.416 e. The predicted molar refractivity (Wildman–Crippen MR) is 85.6 cm³/mol. The lowest BCUT2D eigenvalue weighted by Crippen LogP contribution is -2.24. The van der Waals surface area contributed by atoms with Crippen molar-refractivity contribution in [3.05, 3.63) is 65.0 Å². The Labute approximate surface area is 143 Å². The Kier molecular flexibility index (Phi) is 6.39. The fourth-order valence-electron chi connectivity index (χ4n) is 2.18. The van der Waals surface area contributed by atoms with E-state index in [1.165, 1.54) is 24.3 Å². The van der Waals surface area contributed by atoms with E-state index in [0.717, 1.165) is 12.1 Å². The van der Waals surface area contributed by atoms with E-state index < -0.39 is 23.7 Å². The zero-order valence-corrected chi connectivity index (χ0v) is 13.6. The normalized spacial score (nSPS) is 12.9. The third-order valence-electron chi connectivity index (χ3n) is 3.44. The summed E-state index contributed by atoms with van der Waals surface area (Å²) in [5.41, 5.74) is 0.00398. The Morgan fingerprint density at radius 3 is 2.56 bits per heavy atom. The summed E-state index contributed by atoms with van der Waals surface area (Å²) < 4.78 is 57.4. The van der Waals surface area contributed by atoms with Gasteiger partial charge >= 0.3 is 6.18 Å². The predicted octanol–water partition coefficient (Wildman–Crippen LogP) is 3.89. The van der Waals surface area contributed by atoms with Crippen LogP contribution in [-0.4, -0.2) is 17.8 Å². The molecule has 136 valence electrons. The van der Waals surface area contributed by atoms with Crippen molar-refractivity contribution in [3.8, 4) is 5.75 Å². The second-order valence-corrected chi connectivity index (χ2v) is 5.72. The first-order chi connectivity index (χ1) is 11.8. The molecular formula is C18H19F4NO2. The topological polar surface area (TPSA) is 41.5 Å². The molecule has 0 spiro atoms. The van der Waals surface area contributed by atoms with Crippen LogP contribution in [0.1, 0.15) is 23.6 Å². The molecule has 2 N–H and O–H groups in total. The molecule has 0 aliphatic heterocycles. The smallest absolute Gasteiger partial charge is 0.416 e. The number of aliphatic hydroxyl groups is 1. The Morgan fingerprint density at radius 1 is 1.16 bits per heavy atom. The molecule has 0 saturated heterocycles. The highest BCUT2D eigenvalue weighted by atomic mass is 19.4. The van der Waals surface area contributed by atoms with Crippen LogP contribution in [0, 0.1) is 5.82 Å². The van der Waals surface area contributed by atoms with Crippen molar-refractivity contribution in [1.82, 2.24) is 5.32 Å². The third-order valence-corrected chi connectivity index (χ3v) is 3.44. The first-order valence-corrected chi connectivity index (χ1v) is 7.72. The van der Waals surface area contributed by atoms with Crippen LogP contribution in [-0.2, 0) is 19.3 Å². The van der Waals surface area contributed by atoms with Gasteiger partial charge < -0.3 is 15.2 Å². The largest absolute Gasteiger partial charge is 0.489 e. The molecule has 0 radical (unpaired) electrons. The van der Waals surface area contributed by atoms with Crippen molar-refractivity contribution in [2.24, 2.45) is 0 Å². The van der Waals surface area contributed by atoms with E-state index >= 15 is 0 Å².